The van der Waals surface area contributed by atoms with Gasteiger partial charge in [0.05, 0.1) is 28.9 Å². The molecular weight excluding hydrogens is 419 g/mol. The second-order valence-electron chi connectivity index (χ2n) is 8.66. The van der Waals surface area contributed by atoms with Gasteiger partial charge in [-0.2, -0.15) is 13.2 Å². The van der Waals surface area contributed by atoms with E-state index in [0.717, 1.165) is 6.92 Å². The molecule has 0 spiro atoms. The van der Waals surface area contributed by atoms with Gasteiger partial charge in [0, 0.05) is 12.8 Å². The Morgan fingerprint density at radius 1 is 1.23 bits per heavy atom. The van der Waals surface area contributed by atoms with Gasteiger partial charge in [0.15, 0.2) is 0 Å². The van der Waals surface area contributed by atoms with Gasteiger partial charge in [0.25, 0.3) is 0 Å². The van der Waals surface area contributed by atoms with Gasteiger partial charge in [-0.15, -0.1) is 0 Å². The average Bonchev–Trinajstić information content (AvgIpc) is 3.09. The molecule has 172 valence electrons. The standard InChI is InChI=1S/C21H27F5N4O/c1-10(16(18(28)31)11(2)21(24,25)26)13-3-4-14-15(9-13)30-19(29-14)17(27)12-5-7-20(22,23)8-6-12/h3-4,9-12,16-17H,5-8,27H2,1-2H3,(H2,28,31)(H,29,30)/t10-,11?,16?,17-/m0/s1. The Labute approximate surface area is 176 Å². The van der Waals surface area contributed by atoms with Crippen LogP contribution in [0.25, 0.3) is 11.0 Å². The highest BCUT2D eigenvalue weighted by Gasteiger charge is 2.46. The van der Waals surface area contributed by atoms with Crippen LogP contribution in [0, 0.1) is 17.8 Å². The van der Waals surface area contributed by atoms with Gasteiger partial charge in [0.2, 0.25) is 11.8 Å². The number of nitrogens with two attached hydrogens (primary N) is 2. The van der Waals surface area contributed by atoms with E-state index in [1.54, 1.807) is 18.2 Å². The third kappa shape index (κ3) is 4.99. The molecule has 1 aliphatic carbocycles. The SMILES string of the molecule is CC(C(C(N)=O)[C@@H](C)c1ccc2nc([C@@H](N)C3CCC(F)(F)CC3)[nH]c2c1)C(F)(F)F. The lowest BCUT2D eigenvalue weighted by Gasteiger charge is -2.31. The lowest BCUT2D eigenvalue weighted by Crippen LogP contribution is -2.39. The number of amides is 1. The molecular formula is C21H27F5N4O. The average molecular weight is 446 g/mol. The summed E-state index contributed by atoms with van der Waals surface area (Å²) in [5, 5.41) is 0. The molecule has 31 heavy (non-hydrogen) atoms. The summed E-state index contributed by atoms with van der Waals surface area (Å²) in [4.78, 5) is 19.3. The molecule has 3 rings (SSSR count). The lowest BCUT2D eigenvalue weighted by molar-refractivity contribution is -0.187. The third-order valence-electron chi connectivity index (χ3n) is 6.56. The highest BCUT2D eigenvalue weighted by Crippen LogP contribution is 2.41. The number of carbonyl (C=O) groups excluding carboxylic acids is 1. The molecule has 1 heterocycles. The number of alkyl halides is 5. The van der Waals surface area contributed by atoms with E-state index < -0.39 is 41.8 Å². The van der Waals surface area contributed by atoms with E-state index in [-0.39, 0.29) is 18.8 Å². The molecule has 2 aromatic rings. The fourth-order valence-corrected chi connectivity index (χ4v) is 4.47. The van der Waals surface area contributed by atoms with Crippen LogP contribution in [0.3, 0.4) is 0 Å². The molecule has 0 radical (unpaired) electrons. The highest BCUT2D eigenvalue weighted by atomic mass is 19.4. The first-order valence-electron chi connectivity index (χ1n) is 10.3. The van der Waals surface area contributed by atoms with Crippen LogP contribution >= 0.6 is 0 Å². The number of aromatic nitrogens is 2. The van der Waals surface area contributed by atoms with Crippen LogP contribution in [-0.4, -0.2) is 28.0 Å². The van der Waals surface area contributed by atoms with Crippen LogP contribution in [0.4, 0.5) is 22.0 Å². The largest absolute Gasteiger partial charge is 0.392 e. The predicted molar refractivity (Wildman–Crippen MR) is 106 cm³/mol. The zero-order valence-electron chi connectivity index (χ0n) is 17.3. The number of benzene rings is 1. The van der Waals surface area contributed by atoms with Crippen molar-refractivity contribution in [2.75, 3.05) is 0 Å². The van der Waals surface area contributed by atoms with Crippen molar-refractivity contribution in [3.05, 3.63) is 29.6 Å². The zero-order chi connectivity index (χ0) is 23.1. The van der Waals surface area contributed by atoms with Gasteiger partial charge in [0.1, 0.15) is 5.82 Å². The monoisotopic (exact) mass is 446 g/mol. The first kappa shape index (κ1) is 23.4. The van der Waals surface area contributed by atoms with Crippen molar-refractivity contribution in [1.82, 2.24) is 9.97 Å². The molecule has 0 aliphatic heterocycles. The van der Waals surface area contributed by atoms with Crippen LogP contribution in [0.5, 0.6) is 0 Å². The lowest BCUT2D eigenvalue weighted by atomic mass is 9.78. The minimum Gasteiger partial charge on any atom is -0.369 e. The van der Waals surface area contributed by atoms with Gasteiger partial charge >= 0.3 is 6.18 Å². The smallest absolute Gasteiger partial charge is 0.369 e. The Hall–Kier alpha value is -2.23. The summed E-state index contributed by atoms with van der Waals surface area (Å²) in [7, 11) is 0. The molecule has 0 bridgehead atoms. The van der Waals surface area contributed by atoms with Crippen molar-refractivity contribution >= 4 is 16.9 Å². The van der Waals surface area contributed by atoms with Crippen molar-refractivity contribution in [1.29, 1.82) is 0 Å². The number of primary amides is 1. The molecule has 1 amide bonds. The van der Waals surface area contributed by atoms with Crippen molar-refractivity contribution in [2.45, 2.75) is 63.6 Å². The van der Waals surface area contributed by atoms with Crippen LogP contribution in [0.15, 0.2) is 18.2 Å². The molecule has 1 saturated carbocycles. The van der Waals surface area contributed by atoms with Crippen molar-refractivity contribution in [2.24, 2.45) is 29.2 Å². The van der Waals surface area contributed by atoms with Crippen LogP contribution < -0.4 is 11.5 Å². The molecule has 5 nitrogen and oxygen atoms in total. The van der Waals surface area contributed by atoms with Crippen molar-refractivity contribution in [3.8, 4) is 0 Å². The Balaban J connectivity index is 1.84. The van der Waals surface area contributed by atoms with Gasteiger partial charge in [-0.3, -0.25) is 4.79 Å². The number of imidazole rings is 1. The number of hydrogen-bond acceptors (Lipinski definition) is 3. The van der Waals surface area contributed by atoms with Crippen molar-refractivity contribution < 1.29 is 26.7 Å². The zero-order valence-corrected chi connectivity index (χ0v) is 17.3. The van der Waals surface area contributed by atoms with Crippen LogP contribution in [-0.2, 0) is 4.79 Å². The first-order valence-corrected chi connectivity index (χ1v) is 10.3. The molecule has 1 aromatic carbocycles. The Morgan fingerprint density at radius 3 is 2.39 bits per heavy atom. The number of hydrogen-bond donors (Lipinski definition) is 3. The topological polar surface area (TPSA) is 97.8 Å². The Bertz CT molecular complexity index is 931. The summed E-state index contributed by atoms with van der Waals surface area (Å²) in [6, 6.07) is 4.34. The summed E-state index contributed by atoms with van der Waals surface area (Å²) in [6.45, 7) is 2.48. The molecule has 4 atom stereocenters. The van der Waals surface area contributed by atoms with Crippen LogP contribution in [0.2, 0.25) is 0 Å². The third-order valence-corrected chi connectivity index (χ3v) is 6.56. The molecule has 1 aliphatic rings. The summed E-state index contributed by atoms with van der Waals surface area (Å²) < 4.78 is 66.5. The Morgan fingerprint density at radius 2 is 1.84 bits per heavy atom. The highest BCUT2D eigenvalue weighted by molar-refractivity contribution is 5.79. The first-order chi connectivity index (χ1) is 14.3. The summed E-state index contributed by atoms with van der Waals surface area (Å²) in [5.41, 5.74) is 13.2. The van der Waals surface area contributed by atoms with E-state index in [2.05, 4.69) is 9.97 Å². The molecule has 10 heteroatoms. The molecule has 1 fully saturated rings. The number of nitrogens with zero attached hydrogens (tertiary/aromatic N) is 1. The fourth-order valence-electron chi connectivity index (χ4n) is 4.47. The second kappa shape index (κ2) is 8.37. The number of carbonyl (C=O) groups is 1. The summed E-state index contributed by atoms with van der Waals surface area (Å²) >= 11 is 0. The molecule has 1 aromatic heterocycles. The maximum atomic E-state index is 13.4. The van der Waals surface area contributed by atoms with E-state index in [0.29, 0.717) is 35.3 Å². The van der Waals surface area contributed by atoms with Crippen molar-refractivity contribution in [3.63, 3.8) is 0 Å². The summed E-state index contributed by atoms with van der Waals surface area (Å²) in [6.07, 6.45) is -4.38. The van der Waals surface area contributed by atoms with Gasteiger partial charge in [-0.25, -0.2) is 13.8 Å². The van der Waals surface area contributed by atoms with E-state index in [9.17, 15) is 26.7 Å². The number of halogens is 5. The maximum absolute atomic E-state index is 13.4. The minimum atomic E-state index is -4.55. The van der Waals surface area contributed by atoms with E-state index in [1.807, 2.05) is 0 Å². The Kier molecular flexibility index (Phi) is 6.32. The van der Waals surface area contributed by atoms with E-state index in [4.69, 9.17) is 11.5 Å². The molecule has 5 N–H and O–H groups in total. The predicted octanol–water partition coefficient (Wildman–Crippen LogP) is 4.79. The number of aromatic amines is 1. The number of H-pyrrole nitrogens is 1. The second-order valence-corrected chi connectivity index (χ2v) is 8.66. The molecule has 0 saturated heterocycles. The maximum Gasteiger partial charge on any atom is 0.392 e. The van der Waals surface area contributed by atoms with E-state index in [1.165, 1.54) is 6.92 Å². The number of nitrogens with one attached hydrogen (secondary N) is 1. The van der Waals surface area contributed by atoms with Gasteiger partial charge in [-0.1, -0.05) is 19.9 Å². The van der Waals surface area contributed by atoms with Gasteiger partial charge in [-0.05, 0) is 42.4 Å². The fraction of sp³-hybridized carbons (Fsp3) is 0.619. The number of rotatable bonds is 6. The van der Waals surface area contributed by atoms with Crippen LogP contribution in [0.1, 0.15) is 62.9 Å². The number of fused-ring (bicyclic) bond motifs is 1. The van der Waals surface area contributed by atoms with Gasteiger partial charge < -0.3 is 16.5 Å². The molecule has 2 unspecified atom stereocenters. The van der Waals surface area contributed by atoms with E-state index >= 15 is 0 Å². The quantitative estimate of drug-likeness (QED) is 0.557. The summed E-state index contributed by atoms with van der Waals surface area (Å²) in [5.74, 6) is -7.45. The minimum absolute atomic E-state index is 0.134. The normalized spacial score (nSPS) is 21.5.